The molecule has 0 spiro atoms. The van der Waals surface area contributed by atoms with Crippen LogP contribution in [0.1, 0.15) is 0 Å². The van der Waals surface area contributed by atoms with E-state index in [1.807, 2.05) is 0 Å². The SMILES string of the molecule is FCOc1c(Br)cc(F)c(Br)c1F. The predicted octanol–water partition coefficient (Wildman–Crippen LogP) is 3.80. The molecule has 1 nitrogen and oxygen atoms in total. The Morgan fingerprint density at radius 3 is 2.46 bits per heavy atom. The van der Waals surface area contributed by atoms with Crippen molar-refractivity contribution < 1.29 is 17.9 Å². The number of alkyl halides is 1. The summed E-state index contributed by atoms with van der Waals surface area (Å²) in [6.45, 7) is -1.17. The normalized spacial score (nSPS) is 10.2. The Hall–Kier alpha value is -0.230. The van der Waals surface area contributed by atoms with Gasteiger partial charge < -0.3 is 4.74 Å². The molecule has 0 heterocycles. The summed E-state index contributed by atoms with van der Waals surface area (Å²) in [5, 5.41) is 0. The van der Waals surface area contributed by atoms with E-state index in [0.717, 1.165) is 6.07 Å². The minimum Gasteiger partial charge on any atom is -0.459 e. The number of hydrogen-bond donors (Lipinski definition) is 0. The summed E-state index contributed by atoms with van der Waals surface area (Å²) in [4.78, 5) is 0. The van der Waals surface area contributed by atoms with Crippen LogP contribution in [0.2, 0.25) is 0 Å². The molecule has 6 heteroatoms. The molecule has 0 aliphatic carbocycles. The maximum absolute atomic E-state index is 13.1. The van der Waals surface area contributed by atoms with E-state index in [0.29, 0.717) is 0 Å². The van der Waals surface area contributed by atoms with Crippen molar-refractivity contribution in [2.24, 2.45) is 0 Å². The number of benzene rings is 1. The van der Waals surface area contributed by atoms with Gasteiger partial charge >= 0.3 is 0 Å². The highest BCUT2D eigenvalue weighted by molar-refractivity contribution is 9.11. The molecule has 0 radical (unpaired) electrons. The molecular formula is C7H3Br2F3O. The largest absolute Gasteiger partial charge is 0.459 e. The van der Waals surface area contributed by atoms with Gasteiger partial charge in [-0.2, -0.15) is 0 Å². The molecule has 0 bridgehead atoms. The summed E-state index contributed by atoms with van der Waals surface area (Å²) < 4.78 is 41.6. The first kappa shape index (κ1) is 10.8. The standard InChI is InChI=1S/C7H3Br2F3O/c8-3-1-4(11)5(9)6(12)7(3)13-2-10/h1H,2H2. The Kier molecular flexibility index (Phi) is 3.61. The molecule has 0 saturated carbocycles. The first-order valence-electron chi connectivity index (χ1n) is 3.09. The second-order valence-corrected chi connectivity index (χ2v) is 3.70. The van der Waals surface area contributed by atoms with E-state index in [4.69, 9.17) is 0 Å². The van der Waals surface area contributed by atoms with Crippen LogP contribution in [0, 0.1) is 11.6 Å². The third-order valence-electron chi connectivity index (χ3n) is 1.27. The van der Waals surface area contributed by atoms with Crippen LogP contribution < -0.4 is 4.74 Å². The summed E-state index contributed by atoms with van der Waals surface area (Å²) in [5.74, 6) is -2.10. The van der Waals surface area contributed by atoms with Crippen molar-refractivity contribution in [3.8, 4) is 5.75 Å². The molecule has 0 amide bonds. The van der Waals surface area contributed by atoms with Gasteiger partial charge in [0.1, 0.15) is 5.82 Å². The highest BCUT2D eigenvalue weighted by atomic mass is 79.9. The van der Waals surface area contributed by atoms with Gasteiger partial charge in [0.25, 0.3) is 0 Å². The molecule has 1 aromatic carbocycles. The van der Waals surface area contributed by atoms with Gasteiger partial charge in [-0.05, 0) is 37.9 Å². The van der Waals surface area contributed by atoms with E-state index in [1.54, 1.807) is 0 Å². The highest BCUT2D eigenvalue weighted by Gasteiger charge is 2.16. The Morgan fingerprint density at radius 2 is 1.92 bits per heavy atom. The second-order valence-electron chi connectivity index (χ2n) is 2.05. The topological polar surface area (TPSA) is 9.23 Å². The average Bonchev–Trinajstić information content (AvgIpc) is 2.09. The van der Waals surface area contributed by atoms with Gasteiger partial charge in [-0.25, -0.2) is 13.2 Å². The predicted molar refractivity (Wildman–Crippen MR) is 48.4 cm³/mol. The van der Waals surface area contributed by atoms with Gasteiger partial charge in [-0.15, -0.1) is 0 Å². The lowest BCUT2D eigenvalue weighted by molar-refractivity contribution is 0.182. The average molecular weight is 320 g/mol. The number of hydrogen-bond acceptors (Lipinski definition) is 1. The third-order valence-corrected chi connectivity index (χ3v) is 2.59. The fraction of sp³-hybridized carbons (Fsp3) is 0.143. The van der Waals surface area contributed by atoms with Gasteiger partial charge in [-0.3, -0.25) is 0 Å². The van der Waals surface area contributed by atoms with E-state index in [-0.39, 0.29) is 14.7 Å². The Morgan fingerprint density at radius 1 is 1.31 bits per heavy atom. The van der Waals surface area contributed by atoms with Crippen LogP contribution in [0.5, 0.6) is 5.75 Å². The first-order chi connectivity index (χ1) is 6.07. The lowest BCUT2D eigenvalue weighted by Gasteiger charge is -2.07. The Labute approximate surface area is 89.1 Å². The van der Waals surface area contributed by atoms with Crippen molar-refractivity contribution in [1.82, 2.24) is 0 Å². The molecule has 0 fully saturated rings. The minimum absolute atomic E-state index is 0.0309. The van der Waals surface area contributed by atoms with E-state index < -0.39 is 18.5 Å². The molecule has 0 aromatic heterocycles. The molecule has 0 N–H and O–H groups in total. The molecule has 1 aromatic rings. The van der Waals surface area contributed by atoms with E-state index in [1.165, 1.54) is 0 Å². The smallest absolute Gasteiger partial charge is 0.228 e. The molecule has 0 unspecified atom stereocenters. The number of halogens is 5. The van der Waals surface area contributed by atoms with Crippen molar-refractivity contribution in [2.45, 2.75) is 0 Å². The first-order valence-corrected chi connectivity index (χ1v) is 4.68. The Balaban J connectivity index is 3.26. The quantitative estimate of drug-likeness (QED) is 0.595. The van der Waals surface area contributed by atoms with E-state index in [9.17, 15) is 13.2 Å². The summed E-state index contributed by atoms with van der Waals surface area (Å²) in [7, 11) is 0. The van der Waals surface area contributed by atoms with Crippen LogP contribution in [-0.4, -0.2) is 6.86 Å². The molecular weight excluding hydrogens is 317 g/mol. The molecule has 0 aliphatic rings. The summed E-state index contributed by atoms with van der Waals surface area (Å²) in [5.41, 5.74) is 0. The van der Waals surface area contributed by atoms with Gasteiger partial charge in [-0.1, -0.05) is 0 Å². The van der Waals surface area contributed by atoms with Gasteiger partial charge in [0.2, 0.25) is 6.86 Å². The van der Waals surface area contributed by atoms with Crippen LogP contribution in [0.4, 0.5) is 13.2 Å². The molecule has 13 heavy (non-hydrogen) atoms. The third kappa shape index (κ3) is 2.17. The molecule has 0 aliphatic heterocycles. The van der Waals surface area contributed by atoms with Crippen molar-refractivity contribution in [3.05, 3.63) is 26.6 Å². The van der Waals surface area contributed by atoms with Crippen LogP contribution in [0.3, 0.4) is 0 Å². The second kappa shape index (κ2) is 4.32. The van der Waals surface area contributed by atoms with Crippen molar-refractivity contribution >= 4 is 31.9 Å². The fourth-order valence-corrected chi connectivity index (χ4v) is 1.52. The fourth-order valence-electron chi connectivity index (χ4n) is 0.736. The van der Waals surface area contributed by atoms with Crippen molar-refractivity contribution in [2.75, 3.05) is 6.86 Å². The molecule has 72 valence electrons. The molecule has 1 rings (SSSR count). The van der Waals surface area contributed by atoms with Crippen LogP contribution >= 0.6 is 31.9 Å². The monoisotopic (exact) mass is 318 g/mol. The van der Waals surface area contributed by atoms with E-state index in [2.05, 4.69) is 36.6 Å². The summed E-state index contributed by atoms with van der Waals surface area (Å²) in [6, 6.07) is 0.984. The lowest BCUT2D eigenvalue weighted by atomic mass is 10.3. The zero-order chi connectivity index (χ0) is 10.0. The molecule has 0 atom stereocenters. The summed E-state index contributed by atoms with van der Waals surface area (Å²) in [6.07, 6.45) is 0. The van der Waals surface area contributed by atoms with Crippen LogP contribution in [0.15, 0.2) is 15.0 Å². The zero-order valence-corrected chi connectivity index (χ0v) is 9.25. The summed E-state index contributed by atoms with van der Waals surface area (Å²) >= 11 is 5.50. The van der Waals surface area contributed by atoms with Gasteiger partial charge in [0.15, 0.2) is 11.6 Å². The van der Waals surface area contributed by atoms with Crippen LogP contribution in [0.25, 0.3) is 0 Å². The van der Waals surface area contributed by atoms with Gasteiger partial charge in [0, 0.05) is 0 Å². The van der Waals surface area contributed by atoms with Crippen molar-refractivity contribution in [1.29, 1.82) is 0 Å². The Bertz CT molecular complexity index is 330. The number of ether oxygens (including phenoxy) is 1. The van der Waals surface area contributed by atoms with Gasteiger partial charge in [0.05, 0.1) is 8.95 Å². The lowest BCUT2D eigenvalue weighted by Crippen LogP contribution is -1.97. The maximum Gasteiger partial charge on any atom is 0.228 e. The van der Waals surface area contributed by atoms with Crippen molar-refractivity contribution in [3.63, 3.8) is 0 Å². The number of rotatable bonds is 2. The minimum atomic E-state index is -1.17. The highest BCUT2D eigenvalue weighted by Crippen LogP contribution is 2.34. The van der Waals surface area contributed by atoms with E-state index >= 15 is 0 Å². The van der Waals surface area contributed by atoms with Crippen LogP contribution in [-0.2, 0) is 0 Å². The molecule has 0 saturated heterocycles. The maximum atomic E-state index is 13.1. The zero-order valence-electron chi connectivity index (χ0n) is 6.08.